The van der Waals surface area contributed by atoms with Crippen LogP contribution >= 0.6 is 0 Å². The third-order valence-corrected chi connectivity index (χ3v) is 5.26. The Balaban J connectivity index is 1.51. The van der Waals surface area contributed by atoms with Crippen LogP contribution in [0.3, 0.4) is 0 Å². The normalized spacial score (nSPS) is 21.2. The monoisotopic (exact) mass is 478 g/mol. The molecule has 1 aliphatic rings. The maximum absolute atomic E-state index is 12.7. The Morgan fingerprint density at radius 2 is 1.11 bits per heavy atom. The van der Waals surface area contributed by atoms with Crippen molar-refractivity contribution in [2.24, 2.45) is 0 Å². The molecule has 3 aromatic rings. The summed E-state index contributed by atoms with van der Waals surface area (Å²) in [5.74, 6) is -2.10. The average molecular weight is 478 g/mol. The highest BCUT2D eigenvalue weighted by Crippen LogP contribution is 2.29. The molecule has 1 N–H and O–H groups in total. The minimum Gasteiger partial charge on any atom is -0.459 e. The van der Waals surface area contributed by atoms with E-state index in [0.29, 0.717) is 5.56 Å². The molecule has 180 valence electrons. The van der Waals surface area contributed by atoms with Crippen LogP contribution in [0.25, 0.3) is 0 Å². The first kappa shape index (κ1) is 24.1. The van der Waals surface area contributed by atoms with Crippen molar-refractivity contribution in [3.8, 4) is 0 Å². The van der Waals surface area contributed by atoms with Crippen LogP contribution in [0.2, 0.25) is 0 Å². The summed E-state index contributed by atoms with van der Waals surface area (Å²) in [6.07, 6.45) is -5.19. The molecular formula is C26H22O9. The molecule has 0 radical (unpaired) electrons. The summed E-state index contributed by atoms with van der Waals surface area (Å²) >= 11 is 0. The molecule has 9 heteroatoms. The van der Waals surface area contributed by atoms with Crippen molar-refractivity contribution in [3.05, 3.63) is 108 Å². The Kier molecular flexibility index (Phi) is 7.84. The highest BCUT2D eigenvalue weighted by Gasteiger charge is 2.51. The Morgan fingerprint density at radius 3 is 1.60 bits per heavy atom. The van der Waals surface area contributed by atoms with E-state index in [1.165, 1.54) is 12.1 Å². The fraction of sp³-hybridized carbons (Fsp3) is 0.192. The zero-order valence-corrected chi connectivity index (χ0v) is 18.4. The lowest BCUT2D eigenvalue weighted by molar-refractivity contribution is -0.315. The van der Waals surface area contributed by atoms with Crippen molar-refractivity contribution in [2.45, 2.75) is 24.6 Å². The molecule has 0 saturated carbocycles. The number of benzene rings is 3. The second-order valence-corrected chi connectivity index (χ2v) is 7.58. The first-order chi connectivity index (χ1) is 17.1. The molecule has 9 nitrogen and oxygen atoms in total. The van der Waals surface area contributed by atoms with Gasteiger partial charge < -0.3 is 18.9 Å². The Hall–Kier alpha value is -4.05. The molecule has 0 aromatic heterocycles. The summed E-state index contributed by atoms with van der Waals surface area (Å²) in [5, 5.41) is 9.58. The van der Waals surface area contributed by atoms with Crippen LogP contribution in [0.5, 0.6) is 0 Å². The molecule has 1 saturated heterocycles. The van der Waals surface area contributed by atoms with E-state index >= 15 is 0 Å². The lowest BCUT2D eigenvalue weighted by Crippen LogP contribution is -2.41. The number of esters is 3. The van der Waals surface area contributed by atoms with Crippen LogP contribution < -0.4 is 0 Å². The number of hydrogen-bond acceptors (Lipinski definition) is 9. The van der Waals surface area contributed by atoms with Gasteiger partial charge in [-0.25, -0.2) is 19.3 Å². The molecular weight excluding hydrogens is 456 g/mol. The van der Waals surface area contributed by atoms with Crippen molar-refractivity contribution < 1.29 is 43.5 Å². The molecule has 1 heterocycles. The van der Waals surface area contributed by atoms with E-state index < -0.39 is 42.5 Å². The van der Waals surface area contributed by atoms with Gasteiger partial charge in [0.2, 0.25) is 6.29 Å². The number of hydrogen-bond donors (Lipinski definition) is 1. The van der Waals surface area contributed by atoms with Crippen molar-refractivity contribution in [1.29, 1.82) is 0 Å². The molecule has 0 bridgehead atoms. The van der Waals surface area contributed by atoms with Crippen molar-refractivity contribution >= 4 is 17.9 Å². The SMILES string of the molecule is O=C(OC[C@@H]1O[C@@H](OC(=O)c2ccccc2)[C@@H](OO)[C@H]1OC(=O)c1ccccc1)c1ccccc1. The quantitative estimate of drug-likeness (QED) is 0.225. The first-order valence-corrected chi connectivity index (χ1v) is 10.8. The van der Waals surface area contributed by atoms with E-state index in [0.717, 1.165) is 0 Å². The van der Waals surface area contributed by atoms with E-state index in [4.69, 9.17) is 18.9 Å². The van der Waals surface area contributed by atoms with Gasteiger partial charge in [-0.3, -0.25) is 5.26 Å². The summed E-state index contributed by atoms with van der Waals surface area (Å²) < 4.78 is 21.9. The summed E-state index contributed by atoms with van der Waals surface area (Å²) in [6, 6.07) is 24.5. The van der Waals surface area contributed by atoms with E-state index in [1.54, 1.807) is 78.9 Å². The van der Waals surface area contributed by atoms with Gasteiger partial charge in [0.25, 0.3) is 0 Å². The summed E-state index contributed by atoms with van der Waals surface area (Å²) in [5.41, 5.74) is 0.795. The fourth-order valence-corrected chi connectivity index (χ4v) is 3.50. The van der Waals surface area contributed by atoms with Crippen molar-refractivity contribution in [3.63, 3.8) is 0 Å². The largest absolute Gasteiger partial charge is 0.459 e. The zero-order chi connectivity index (χ0) is 24.6. The fourth-order valence-electron chi connectivity index (χ4n) is 3.50. The van der Waals surface area contributed by atoms with E-state index in [9.17, 15) is 19.6 Å². The van der Waals surface area contributed by atoms with Gasteiger partial charge in [0.1, 0.15) is 12.7 Å². The molecule has 0 spiro atoms. The van der Waals surface area contributed by atoms with Crippen molar-refractivity contribution in [1.82, 2.24) is 0 Å². The zero-order valence-electron chi connectivity index (χ0n) is 18.4. The van der Waals surface area contributed by atoms with Gasteiger partial charge in [-0.15, -0.1) is 0 Å². The molecule has 3 aromatic carbocycles. The summed E-state index contributed by atoms with van der Waals surface area (Å²) in [4.78, 5) is 42.1. The molecule has 35 heavy (non-hydrogen) atoms. The van der Waals surface area contributed by atoms with Gasteiger partial charge >= 0.3 is 17.9 Å². The lowest BCUT2D eigenvalue weighted by Gasteiger charge is -2.21. The minimum atomic E-state index is -1.44. The Bertz CT molecular complexity index is 1140. The topological polar surface area (TPSA) is 118 Å². The molecule has 0 amide bonds. The molecule has 4 atom stereocenters. The maximum atomic E-state index is 12.7. The minimum absolute atomic E-state index is 0.240. The highest BCUT2D eigenvalue weighted by molar-refractivity contribution is 5.90. The van der Waals surface area contributed by atoms with Gasteiger partial charge in [0.05, 0.1) is 16.7 Å². The molecule has 4 rings (SSSR count). The predicted octanol–water partition coefficient (Wildman–Crippen LogP) is 3.51. The van der Waals surface area contributed by atoms with Crippen LogP contribution in [0, 0.1) is 0 Å². The summed E-state index contributed by atoms with van der Waals surface area (Å²) in [7, 11) is 0. The molecule has 0 aliphatic carbocycles. The Labute approximate surface area is 200 Å². The predicted molar refractivity (Wildman–Crippen MR) is 120 cm³/mol. The second kappa shape index (κ2) is 11.4. The van der Waals surface area contributed by atoms with Crippen LogP contribution in [0.1, 0.15) is 31.1 Å². The number of carbonyl (C=O) groups is 3. The van der Waals surface area contributed by atoms with Gasteiger partial charge in [0.15, 0.2) is 12.2 Å². The Morgan fingerprint density at radius 1 is 0.657 bits per heavy atom. The van der Waals surface area contributed by atoms with Crippen LogP contribution in [-0.4, -0.2) is 54.4 Å². The van der Waals surface area contributed by atoms with E-state index in [1.807, 2.05) is 0 Å². The highest BCUT2D eigenvalue weighted by atomic mass is 17.1. The third-order valence-electron chi connectivity index (χ3n) is 5.26. The molecule has 1 aliphatic heterocycles. The van der Waals surface area contributed by atoms with Gasteiger partial charge in [0, 0.05) is 0 Å². The van der Waals surface area contributed by atoms with Gasteiger partial charge in [-0.2, -0.15) is 0 Å². The molecule has 1 fully saturated rings. The standard InChI is InChI=1S/C26H22O9/c27-23(17-10-4-1-5-11-17)31-16-20-21(33-24(28)18-12-6-2-7-13-18)22(35-30)26(32-20)34-25(29)19-14-8-3-9-15-19/h1-15,20-22,26,30H,16H2/t20-,21-,22-,26-/m0/s1. The molecule has 0 unspecified atom stereocenters. The lowest BCUT2D eigenvalue weighted by atomic mass is 10.1. The van der Waals surface area contributed by atoms with Crippen LogP contribution in [0.4, 0.5) is 0 Å². The first-order valence-electron chi connectivity index (χ1n) is 10.8. The third kappa shape index (κ3) is 5.90. The van der Waals surface area contributed by atoms with E-state index in [-0.39, 0.29) is 17.7 Å². The van der Waals surface area contributed by atoms with E-state index in [2.05, 4.69) is 4.89 Å². The average Bonchev–Trinajstić information content (AvgIpc) is 3.23. The van der Waals surface area contributed by atoms with Gasteiger partial charge in [-0.05, 0) is 36.4 Å². The maximum Gasteiger partial charge on any atom is 0.340 e. The number of ether oxygens (including phenoxy) is 4. The van der Waals surface area contributed by atoms with Gasteiger partial charge in [-0.1, -0.05) is 54.6 Å². The van der Waals surface area contributed by atoms with Crippen LogP contribution in [0.15, 0.2) is 91.0 Å². The second-order valence-electron chi connectivity index (χ2n) is 7.58. The smallest absolute Gasteiger partial charge is 0.340 e. The van der Waals surface area contributed by atoms with Crippen LogP contribution in [-0.2, 0) is 23.8 Å². The number of carbonyl (C=O) groups excluding carboxylic acids is 3. The van der Waals surface area contributed by atoms with Crippen molar-refractivity contribution in [2.75, 3.05) is 6.61 Å². The summed E-state index contributed by atoms with van der Waals surface area (Å²) in [6.45, 7) is -0.361. The number of rotatable bonds is 8.